The van der Waals surface area contributed by atoms with Crippen molar-refractivity contribution in [3.05, 3.63) is 12.1 Å². The molecule has 0 amide bonds. The Morgan fingerprint density at radius 1 is 1.11 bits per heavy atom. The first kappa shape index (κ1) is 11.3. The molecule has 0 aliphatic heterocycles. The van der Waals surface area contributed by atoms with E-state index in [0.717, 1.165) is 5.69 Å². The first-order valence-electron chi connectivity index (χ1n) is 6.13. The number of anilines is 2. The number of nitrogens with zero attached hydrogens (tertiary/aromatic N) is 2. The van der Waals surface area contributed by atoms with Crippen molar-refractivity contribution in [2.75, 3.05) is 11.1 Å². The van der Waals surface area contributed by atoms with Gasteiger partial charge < -0.3 is 11.1 Å². The molecular formula is C13H18N4O. The summed E-state index contributed by atoms with van der Waals surface area (Å²) in [7, 11) is 0. The predicted molar refractivity (Wildman–Crippen MR) is 71.2 cm³/mol. The van der Waals surface area contributed by atoms with Gasteiger partial charge in [0.1, 0.15) is 0 Å². The Labute approximate surface area is 106 Å². The van der Waals surface area contributed by atoms with E-state index in [0.29, 0.717) is 22.8 Å². The summed E-state index contributed by atoms with van der Waals surface area (Å²) < 4.78 is 4.77. The van der Waals surface area contributed by atoms with E-state index in [1.165, 1.54) is 0 Å². The Balaban J connectivity index is 1.98. The lowest BCUT2D eigenvalue weighted by Gasteiger charge is -2.08. The maximum Gasteiger partial charge on any atom is 0.160 e. The molecule has 5 heteroatoms. The highest BCUT2D eigenvalue weighted by molar-refractivity contribution is 5.95. The standard InChI is InChI=1S/C13H18N4O/c1-12(2)11(13(12,3)4)15-8-6-5-7(14)9-10(8)17-18-16-9/h5-6,11,15H,14H2,1-4H3. The number of nitrogens with two attached hydrogens (primary N) is 1. The molecule has 96 valence electrons. The van der Waals surface area contributed by atoms with Gasteiger partial charge >= 0.3 is 0 Å². The van der Waals surface area contributed by atoms with Gasteiger partial charge in [-0.15, -0.1) is 0 Å². The summed E-state index contributed by atoms with van der Waals surface area (Å²) in [5, 5.41) is 11.3. The van der Waals surface area contributed by atoms with Gasteiger partial charge in [-0.2, -0.15) is 0 Å². The highest BCUT2D eigenvalue weighted by Crippen LogP contribution is 2.63. The minimum atomic E-state index is 0.262. The molecule has 1 saturated carbocycles. The number of hydrogen-bond donors (Lipinski definition) is 2. The quantitative estimate of drug-likeness (QED) is 0.796. The van der Waals surface area contributed by atoms with E-state index in [1.807, 2.05) is 12.1 Å². The number of hydrogen-bond acceptors (Lipinski definition) is 5. The fourth-order valence-corrected chi connectivity index (χ4v) is 2.71. The lowest BCUT2D eigenvalue weighted by Crippen LogP contribution is -2.10. The van der Waals surface area contributed by atoms with Gasteiger partial charge in [0.05, 0.1) is 11.4 Å². The Morgan fingerprint density at radius 3 is 2.33 bits per heavy atom. The lowest BCUT2D eigenvalue weighted by molar-refractivity contribution is 0.315. The number of benzene rings is 1. The third-order valence-electron chi connectivity index (χ3n) is 4.77. The molecule has 0 atom stereocenters. The van der Waals surface area contributed by atoms with Gasteiger partial charge in [-0.3, -0.25) is 0 Å². The summed E-state index contributed by atoms with van der Waals surface area (Å²) in [5.41, 5.74) is 9.20. The molecule has 1 aliphatic rings. The predicted octanol–water partition coefficient (Wildman–Crippen LogP) is 2.65. The summed E-state index contributed by atoms with van der Waals surface area (Å²) >= 11 is 0. The van der Waals surface area contributed by atoms with Crippen LogP contribution in [0, 0.1) is 10.8 Å². The number of fused-ring (bicyclic) bond motifs is 1. The maximum atomic E-state index is 5.83. The molecular weight excluding hydrogens is 228 g/mol. The zero-order valence-electron chi connectivity index (χ0n) is 11.1. The van der Waals surface area contributed by atoms with Gasteiger partial charge in [-0.1, -0.05) is 27.7 Å². The molecule has 1 fully saturated rings. The van der Waals surface area contributed by atoms with Crippen molar-refractivity contribution in [2.45, 2.75) is 33.7 Å². The van der Waals surface area contributed by atoms with Crippen LogP contribution in [0.5, 0.6) is 0 Å². The lowest BCUT2D eigenvalue weighted by atomic mass is 10.0. The van der Waals surface area contributed by atoms with Gasteiger partial charge in [0.25, 0.3) is 0 Å². The molecule has 18 heavy (non-hydrogen) atoms. The van der Waals surface area contributed by atoms with Crippen LogP contribution < -0.4 is 11.1 Å². The van der Waals surface area contributed by atoms with Crippen LogP contribution in [0.15, 0.2) is 16.8 Å². The van der Waals surface area contributed by atoms with Crippen molar-refractivity contribution in [3.63, 3.8) is 0 Å². The van der Waals surface area contributed by atoms with Crippen LogP contribution in [0.3, 0.4) is 0 Å². The zero-order chi connectivity index (χ0) is 13.1. The van der Waals surface area contributed by atoms with Gasteiger partial charge in [0.15, 0.2) is 11.0 Å². The van der Waals surface area contributed by atoms with Crippen molar-refractivity contribution < 1.29 is 4.63 Å². The van der Waals surface area contributed by atoms with Crippen LogP contribution in [0.4, 0.5) is 11.4 Å². The van der Waals surface area contributed by atoms with Gasteiger partial charge in [-0.05, 0) is 33.3 Å². The largest absolute Gasteiger partial charge is 0.397 e. The van der Waals surface area contributed by atoms with Crippen LogP contribution in [0.25, 0.3) is 11.0 Å². The summed E-state index contributed by atoms with van der Waals surface area (Å²) in [6, 6.07) is 4.18. The van der Waals surface area contributed by atoms with Crippen LogP contribution >= 0.6 is 0 Å². The van der Waals surface area contributed by atoms with E-state index in [2.05, 4.69) is 43.3 Å². The van der Waals surface area contributed by atoms with E-state index < -0.39 is 0 Å². The van der Waals surface area contributed by atoms with E-state index in [9.17, 15) is 0 Å². The third-order valence-corrected chi connectivity index (χ3v) is 4.77. The second kappa shape index (κ2) is 3.16. The monoisotopic (exact) mass is 246 g/mol. The summed E-state index contributed by atoms with van der Waals surface area (Å²) in [5.74, 6) is 0. The van der Waals surface area contributed by atoms with Gasteiger partial charge in [0, 0.05) is 6.04 Å². The molecule has 3 N–H and O–H groups in total. The van der Waals surface area contributed by atoms with Crippen LogP contribution in [0.1, 0.15) is 27.7 Å². The van der Waals surface area contributed by atoms with E-state index in [4.69, 9.17) is 10.4 Å². The molecule has 3 rings (SSSR count). The Kier molecular flexibility index (Phi) is 1.99. The third kappa shape index (κ3) is 1.27. The average Bonchev–Trinajstić information content (AvgIpc) is 2.73. The molecule has 2 aromatic rings. The zero-order valence-corrected chi connectivity index (χ0v) is 11.1. The normalized spacial score (nSPS) is 21.1. The smallest absolute Gasteiger partial charge is 0.160 e. The number of rotatable bonds is 2. The van der Waals surface area contributed by atoms with Crippen LogP contribution in [0.2, 0.25) is 0 Å². The summed E-state index contributed by atoms with van der Waals surface area (Å²) in [6.07, 6.45) is 0. The molecule has 0 saturated heterocycles. The summed E-state index contributed by atoms with van der Waals surface area (Å²) in [6.45, 7) is 9.06. The molecule has 0 radical (unpaired) electrons. The van der Waals surface area contributed by atoms with E-state index >= 15 is 0 Å². The topological polar surface area (TPSA) is 77.0 Å². The molecule has 5 nitrogen and oxygen atoms in total. The van der Waals surface area contributed by atoms with Crippen molar-refractivity contribution >= 4 is 22.4 Å². The molecule has 1 heterocycles. The van der Waals surface area contributed by atoms with Gasteiger partial charge in [0.2, 0.25) is 0 Å². The number of aromatic nitrogens is 2. The Bertz CT molecular complexity index is 600. The summed E-state index contributed by atoms with van der Waals surface area (Å²) in [4.78, 5) is 0. The Morgan fingerprint density at radius 2 is 1.72 bits per heavy atom. The minimum Gasteiger partial charge on any atom is -0.397 e. The molecule has 1 aromatic heterocycles. The Hall–Kier alpha value is -1.78. The van der Waals surface area contributed by atoms with Crippen molar-refractivity contribution in [3.8, 4) is 0 Å². The van der Waals surface area contributed by atoms with Crippen LogP contribution in [-0.2, 0) is 0 Å². The van der Waals surface area contributed by atoms with E-state index in [-0.39, 0.29) is 10.8 Å². The SMILES string of the molecule is CC1(C)C(Nc2ccc(N)c3nonc23)C1(C)C. The highest BCUT2D eigenvalue weighted by atomic mass is 16.6. The van der Waals surface area contributed by atoms with Gasteiger partial charge in [-0.25, -0.2) is 4.63 Å². The minimum absolute atomic E-state index is 0.262. The fourth-order valence-electron chi connectivity index (χ4n) is 2.71. The highest BCUT2D eigenvalue weighted by Gasteiger charge is 2.65. The van der Waals surface area contributed by atoms with Crippen LogP contribution in [-0.4, -0.2) is 16.4 Å². The fraction of sp³-hybridized carbons (Fsp3) is 0.538. The van der Waals surface area contributed by atoms with Crippen molar-refractivity contribution in [1.29, 1.82) is 0 Å². The second-order valence-electron chi connectivity index (χ2n) is 6.18. The maximum absolute atomic E-state index is 5.83. The second-order valence-corrected chi connectivity index (χ2v) is 6.18. The number of nitrogen functional groups attached to an aromatic ring is 1. The average molecular weight is 246 g/mol. The molecule has 0 unspecified atom stereocenters. The molecule has 0 bridgehead atoms. The van der Waals surface area contributed by atoms with Crippen molar-refractivity contribution in [1.82, 2.24) is 10.3 Å². The molecule has 0 spiro atoms. The molecule has 1 aliphatic carbocycles. The first-order chi connectivity index (χ1) is 8.35. The van der Waals surface area contributed by atoms with Crippen molar-refractivity contribution in [2.24, 2.45) is 10.8 Å². The van der Waals surface area contributed by atoms with E-state index in [1.54, 1.807) is 0 Å². The molecule has 1 aromatic carbocycles. The number of nitrogens with one attached hydrogen (secondary N) is 1. The first-order valence-corrected chi connectivity index (χ1v) is 6.13.